The Labute approximate surface area is 157 Å². The molecular formula is C19H21N3O4S. The van der Waals surface area contributed by atoms with Gasteiger partial charge in [-0.15, -0.1) is 0 Å². The van der Waals surface area contributed by atoms with Gasteiger partial charge in [0.15, 0.2) is 0 Å². The number of benzene rings is 2. The number of hydrogen-bond acceptors (Lipinski definition) is 5. The Bertz CT molecular complexity index is 1120. The normalized spacial score (nSPS) is 13.0. The fourth-order valence-corrected chi connectivity index (χ4v) is 4.11. The van der Waals surface area contributed by atoms with Gasteiger partial charge in [-0.2, -0.15) is 0 Å². The van der Waals surface area contributed by atoms with Crippen LogP contribution in [0.15, 0.2) is 58.2 Å². The zero-order chi connectivity index (χ0) is 19.6. The molecule has 1 atom stereocenters. The van der Waals surface area contributed by atoms with Gasteiger partial charge in [-0.1, -0.05) is 24.3 Å². The van der Waals surface area contributed by atoms with Crippen LogP contribution in [0.2, 0.25) is 0 Å². The molecule has 0 aliphatic heterocycles. The van der Waals surface area contributed by atoms with Gasteiger partial charge in [0.05, 0.1) is 28.4 Å². The fraction of sp³-hybridized carbons (Fsp3) is 0.263. The van der Waals surface area contributed by atoms with Gasteiger partial charge >= 0.3 is 0 Å². The van der Waals surface area contributed by atoms with Gasteiger partial charge in [0.1, 0.15) is 5.82 Å². The molecule has 0 spiro atoms. The van der Waals surface area contributed by atoms with Gasteiger partial charge < -0.3 is 4.74 Å². The SMILES string of the molecule is COCc1ccc(S(=O)(=O)NC(C)c2nc3ccccc3c(=O)n2C)cc1. The smallest absolute Gasteiger partial charge is 0.261 e. The lowest BCUT2D eigenvalue weighted by molar-refractivity contribution is 0.185. The lowest BCUT2D eigenvalue weighted by Gasteiger charge is -2.17. The van der Waals surface area contributed by atoms with E-state index in [4.69, 9.17) is 4.74 Å². The molecule has 0 aliphatic carbocycles. The Kier molecular flexibility index (Phi) is 5.41. The average Bonchev–Trinajstić information content (AvgIpc) is 2.65. The maximum absolute atomic E-state index is 12.7. The van der Waals surface area contributed by atoms with Crippen molar-refractivity contribution in [2.75, 3.05) is 7.11 Å². The van der Waals surface area contributed by atoms with Gasteiger partial charge in [-0.05, 0) is 36.8 Å². The number of methoxy groups -OCH3 is 1. The van der Waals surface area contributed by atoms with E-state index in [9.17, 15) is 13.2 Å². The van der Waals surface area contributed by atoms with Crippen LogP contribution in [0.4, 0.5) is 0 Å². The Balaban J connectivity index is 1.92. The Morgan fingerprint density at radius 3 is 2.48 bits per heavy atom. The van der Waals surface area contributed by atoms with E-state index >= 15 is 0 Å². The maximum Gasteiger partial charge on any atom is 0.261 e. The summed E-state index contributed by atoms with van der Waals surface area (Å²) in [5.74, 6) is 0.346. The molecule has 0 bridgehead atoms. The average molecular weight is 387 g/mol. The summed E-state index contributed by atoms with van der Waals surface area (Å²) in [6.45, 7) is 2.07. The number of aromatic nitrogens is 2. The molecule has 142 valence electrons. The minimum Gasteiger partial charge on any atom is -0.380 e. The number of nitrogens with zero attached hydrogens (tertiary/aromatic N) is 2. The van der Waals surface area contributed by atoms with Gasteiger partial charge in [0.25, 0.3) is 5.56 Å². The highest BCUT2D eigenvalue weighted by atomic mass is 32.2. The van der Waals surface area contributed by atoms with Gasteiger partial charge in [0.2, 0.25) is 10.0 Å². The van der Waals surface area contributed by atoms with Crippen LogP contribution in [0.3, 0.4) is 0 Å². The van der Waals surface area contributed by atoms with Crippen molar-refractivity contribution in [2.24, 2.45) is 7.05 Å². The fourth-order valence-electron chi connectivity index (χ4n) is 2.91. The molecule has 27 heavy (non-hydrogen) atoms. The molecule has 0 aliphatic rings. The molecule has 3 rings (SSSR count). The molecule has 0 radical (unpaired) electrons. The van der Waals surface area contributed by atoms with Gasteiger partial charge in [-0.25, -0.2) is 18.1 Å². The van der Waals surface area contributed by atoms with Gasteiger partial charge in [-0.3, -0.25) is 9.36 Å². The summed E-state index contributed by atoms with van der Waals surface area (Å²) >= 11 is 0. The van der Waals surface area contributed by atoms with Crippen LogP contribution in [0.5, 0.6) is 0 Å². The van der Waals surface area contributed by atoms with Crippen molar-refractivity contribution in [1.29, 1.82) is 0 Å². The number of sulfonamides is 1. The van der Waals surface area contributed by atoms with E-state index in [0.717, 1.165) is 5.56 Å². The van der Waals surface area contributed by atoms with Crippen molar-refractivity contribution in [1.82, 2.24) is 14.3 Å². The molecule has 0 amide bonds. The summed E-state index contributed by atoms with van der Waals surface area (Å²) < 4.78 is 34.4. The molecule has 0 saturated heterocycles. The van der Waals surface area contributed by atoms with E-state index in [1.165, 1.54) is 16.7 Å². The summed E-state index contributed by atoms with van der Waals surface area (Å²) in [6.07, 6.45) is 0. The van der Waals surface area contributed by atoms with Crippen LogP contribution in [-0.4, -0.2) is 25.1 Å². The molecule has 1 heterocycles. The van der Waals surface area contributed by atoms with Crippen molar-refractivity contribution in [3.05, 3.63) is 70.3 Å². The quantitative estimate of drug-likeness (QED) is 0.700. The monoisotopic (exact) mass is 387 g/mol. The number of nitrogens with one attached hydrogen (secondary N) is 1. The highest BCUT2D eigenvalue weighted by Gasteiger charge is 2.22. The molecule has 7 nitrogen and oxygen atoms in total. The highest BCUT2D eigenvalue weighted by Crippen LogP contribution is 2.17. The molecule has 0 fully saturated rings. The van der Waals surface area contributed by atoms with Crippen molar-refractivity contribution in [3.8, 4) is 0 Å². The number of hydrogen-bond donors (Lipinski definition) is 1. The van der Waals surface area contributed by atoms with Crippen molar-refractivity contribution in [3.63, 3.8) is 0 Å². The maximum atomic E-state index is 12.7. The predicted molar refractivity (Wildman–Crippen MR) is 103 cm³/mol. The zero-order valence-electron chi connectivity index (χ0n) is 15.3. The first-order chi connectivity index (χ1) is 12.8. The first kappa shape index (κ1) is 19.2. The molecular weight excluding hydrogens is 366 g/mol. The lowest BCUT2D eigenvalue weighted by atomic mass is 10.2. The predicted octanol–water partition coefficient (Wildman–Crippen LogP) is 2.12. The number of fused-ring (bicyclic) bond motifs is 1. The van der Waals surface area contributed by atoms with E-state index in [2.05, 4.69) is 9.71 Å². The molecule has 1 aromatic heterocycles. The van der Waals surface area contributed by atoms with Crippen LogP contribution in [0.1, 0.15) is 24.4 Å². The highest BCUT2D eigenvalue weighted by molar-refractivity contribution is 7.89. The minimum absolute atomic E-state index is 0.139. The Morgan fingerprint density at radius 1 is 1.15 bits per heavy atom. The first-order valence-corrected chi connectivity index (χ1v) is 9.87. The summed E-state index contributed by atoms with van der Waals surface area (Å²) in [7, 11) is -0.606. The standard InChI is InChI=1S/C19H21N3O4S/c1-13(18-20-17-7-5-4-6-16(17)19(23)22(18)2)21-27(24,25)15-10-8-14(9-11-15)12-26-3/h4-11,13,21H,12H2,1-3H3. The first-order valence-electron chi connectivity index (χ1n) is 8.39. The topological polar surface area (TPSA) is 90.3 Å². The summed E-state index contributed by atoms with van der Waals surface area (Å²) in [6, 6.07) is 12.8. The third kappa shape index (κ3) is 3.92. The number of para-hydroxylation sites is 1. The van der Waals surface area contributed by atoms with Crippen LogP contribution < -0.4 is 10.3 Å². The third-order valence-electron chi connectivity index (χ3n) is 4.28. The molecule has 0 saturated carbocycles. The minimum atomic E-state index is -3.77. The second-order valence-electron chi connectivity index (χ2n) is 6.27. The van der Waals surface area contributed by atoms with Crippen LogP contribution in [0.25, 0.3) is 10.9 Å². The zero-order valence-corrected chi connectivity index (χ0v) is 16.2. The number of ether oxygens (including phenoxy) is 1. The molecule has 8 heteroatoms. The largest absolute Gasteiger partial charge is 0.380 e. The number of rotatable bonds is 6. The second kappa shape index (κ2) is 7.59. The molecule has 1 unspecified atom stereocenters. The van der Waals surface area contributed by atoms with E-state index in [0.29, 0.717) is 23.3 Å². The van der Waals surface area contributed by atoms with E-state index in [1.807, 2.05) is 0 Å². The summed E-state index contributed by atoms with van der Waals surface area (Å²) in [5.41, 5.74) is 1.19. The Hall–Kier alpha value is -2.55. The van der Waals surface area contributed by atoms with Crippen molar-refractivity contribution in [2.45, 2.75) is 24.5 Å². The van der Waals surface area contributed by atoms with E-state index < -0.39 is 16.1 Å². The van der Waals surface area contributed by atoms with Crippen LogP contribution in [-0.2, 0) is 28.4 Å². The van der Waals surface area contributed by atoms with Crippen LogP contribution >= 0.6 is 0 Å². The Morgan fingerprint density at radius 2 is 1.81 bits per heavy atom. The summed E-state index contributed by atoms with van der Waals surface area (Å²) in [5, 5.41) is 0.493. The van der Waals surface area contributed by atoms with Crippen LogP contribution in [0, 0.1) is 0 Å². The van der Waals surface area contributed by atoms with E-state index in [1.54, 1.807) is 57.5 Å². The van der Waals surface area contributed by atoms with E-state index in [-0.39, 0.29) is 10.5 Å². The molecule has 2 aromatic carbocycles. The lowest BCUT2D eigenvalue weighted by Crippen LogP contribution is -2.32. The van der Waals surface area contributed by atoms with Gasteiger partial charge in [0, 0.05) is 14.2 Å². The molecule has 1 N–H and O–H groups in total. The summed E-state index contributed by atoms with van der Waals surface area (Å²) in [4.78, 5) is 17.1. The van der Waals surface area contributed by atoms with Crippen molar-refractivity contribution < 1.29 is 13.2 Å². The van der Waals surface area contributed by atoms with Crippen molar-refractivity contribution >= 4 is 20.9 Å². The second-order valence-corrected chi connectivity index (χ2v) is 7.99. The third-order valence-corrected chi connectivity index (χ3v) is 5.84. The molecule has 3 aromatic rings.